The number of fused-ring (bicyclic) bond motifs is 4. The van der Waals surface area contributed by atoms with Crippen molar-refractivity contribution in [3.05, 3.63) is 68.2 Å². The Morgan fingerprint density at radius 1 is 0.962 bits per heavy atom. The molecule has 0 atom stereocenters. The minimum atomic E-state index is -0.223. The highest BCUT2D eigenvalue weighted by molar-refractivity contribution is 6.53. The summed E-state index contributed by atoms with van der Waals surface area (Å²) in [5, 5.41) is 2.76. The highest BCUT2D eigenvalue weighted by Gasteiger charge is 2.42. The van der Waals surface area contributed by atoms with Crippen molar-refractivity contribution in [2.75, 3.05) is 4.90 Å². The van der Waals surface area contributed by atoms with Crippen LogP contribution in [-0.2, 0) is 6.42 Å². The molecule has 0 saturated heterocycles. The fourth-order valence-corrected chi connectivity index (χ4v) is 4.68. The lowest BCUT2D eigenvalue weighted by atomic mass is 9.99. The number of halogens is 3. The Hall–Kier alpha value is -2.07. The van der Waals surface area contributed by atoms with Gasteiger partial charge in [0.05, 0.1) is 32.0 Å². The van der Waals surface area contributed by atoms with Gasteiger partial charge in [-0.15, -0.1) is 0 Å². The number of carbonyl (C=O) groups excluding carboxylic acids is 1. The van der Waals surface area contributed by atoms with Crippen LogP contribution in [0.5, 0.6) is 0 Å². The molecule has 3 aromatic carbocycles. The maximum atomic E-state index is 13.3. The van der Waals surface area contributed by atoms with Gasteiger partial charge in [-0.25, -0.2) is 4.99 Å². The molecule has 0 saturated carbocycles. The van der Waals surface area contributed by atoms with E-state index in [9.17, 15) is 4.79 Å². The Balaban J connectivity index is 1.93. The molecule has 0 N–H and O–H groups in total. The minimum absolute atomic E-state index is 0.183. The van der Waals surface area contributed by atoms with Gasteiger partial charge in [-0.1, -0.05) is 66.0 Å². The van der Waals surface area contributed by atoms with Crippen molar-refractivity contribution in [1.29, 1.82) is 0 Å². The molecule has 26 heavy (non-hydrogen) atoms. The van der Waals surface area contributed by atoms with Crippen LogP contribution in [0.15, 0.2) is 41.4 Å². The number of hydrogen-bond donors (Lipinski definition) is 0. The van der Waals surface area contributed by atoms with Gasteiger partial charge in [0.25, 0.3) is 5.91 Å². The molecule has 3 aromatic rings. The third-order valence-electron chi connectivity index (χ3n) is 4.96. The molecule has 0 fully saturated rings. The first-order valence-corrected chi connectivity index (χ1v) is 9.32. The van der Waals surface area contributed by atoms with E-state index in [4.69, 9.17) is 39.8 Å². The van der Waals surface area contributed by atoms with Gasteiger partial charge >= 0.3 is 0 Å². The van der Waals surface area contributed by atoms with Crippen molar-refractivity contribution < 1.29 is 4.79 Å². The number of amides is 1. The summed E-state index contributed by atoms with van der Waals surface area (Å²) in [6.07, 6.45) is 0.615. The van der Waals surface area contributed by atoms with Crippen molar-refractivity contribution in [3.63, 3.8) is 0 Å². The third-order valence-corrected chi connectivity index (χ3v) is 6.32. The Kier molecular flexibility index (Phi) is 3.39. The van der Waals surface area contributed by atoms with E-state index < -0.39 is 0 Å². The molecule has 0 radical (unpaired) electrons. The maximum Gasteiger partial charge on any atom is 0.266 e. The van der Waals surface area contributed by atoms with Crippen LogP contribution in [0.25, 0.3) is 10.8 Å². The monoisotopic (exact) mass is 400 g/mol. The van der Waals surface area contributed by atoms with Crippen LogP contribution in [0.3, 0.4) is 0 Å². The molecular weight excluding hydrogens is 391 g/mol. The van der Waals surface area contributed by atoms with Gasteiger partial charge in [-0.3, -0.25) is 9.69 Å². The molecule has 3 nitrogen and oxygen atoms in total. The fraction of sp³-hybridized carbons (Fsp3) is 0.100. The summed E-state index contributed by atoms with van der Waals surface area (Å²) in [4.78, 5) is 19.7. The Morgan fingerprint density at radius 3 is 2.42 bits per heavy atom. The number of nitrogens with zero attached hydrogens (tertiary/aromatic N) is 2. The zero-order valence-electron chi connectivity index (χ0n) is 13.6. The van der Waals surface area contributed by atoms with E-state index in [2.05, 4.69) is 0 Å². The summed E-state index contributed by atoms with van der Waals surface area (Å²) in [5.41, 5.74) is 3.48. The highest BCUT2D eigenvalue weighted by Crippen LogP contribution is 2.48. The zero-order chi connectivity index (χ0) is 18.2. The van der Waals surface area contributed by atoms with Gasteiger partial charge in [-0.05, 0) is 29.5 Å². The molecule has 2 aliphatic heterocycles. The molecule has 6 heteroatoms. The predicted molar refractivity (Wildman–Crippen MR) is 108 cm³/mol. The van der Waals surface area contributed by atoms with Crippen LogP contribution in [0.2, 0.25) is 15.1 Å². The standard InChI is InChI=1S/C20H11Cl3N2O/c1-2-10-14-15(17(22)18(23)16(10)21)20(26)25-12-8-4-6-9-5-3-7-11(13(9)12)24-19(14)25/h3-8H,2H2,1H3. The summed E-state index contributed by atoms with van der Waals surface area (Å²) < 4.78 is 0. The summed E-state index contributed by atoms with van der Waals surface area (Å²) >= 11 is 19.2. The van der Waals surface area contributed by atoms with Crippen molar-refractivity contribution >= 4 is 68.7 Å². The van der Waals surface area contributed by atoms with Crippen LogP contribution in [-0.4, -0.2) is 11.7 Å². The number of amidine groups is 1. The van der Waals surface area contributed by atoms with Crippen LogP contribution in [0, 0.1) is 0 Å². The topological polar surface area (TPSA) is 32.7 Å². The highest BCUT2D eigenvalue weighted by atomic mass is 35.5. The van der Waals surface area contributed by atoms with Crippen LogP contribution in [0.4, 0.5) is 11.4 Å². The number of rotatable bonds is 1. The lowest BCUT2D eigenvalue weighted by Gasteiger charge is -2.24. The normalized spacial score (nSPS) is 14.5. The predicted octanol–water partition coefficient (Wildman–Crippen LogP) is 6.41. The van der Waals surface area contributed by atoms with E-state index in [-0.39, 0.29) is 16.0 Å². The van der Waals surface area contributed by atoms with Gasteiger partial charge < -0.3 is 0 Å². The van der Waals surface area contributed by atoms with Gasteiger partial charge in [-0.2, -0.15) is 0 Å². The van der Waals surface area contributed by atoms with E-state index >= 15 is 0 Å². The lowest BCUT2D eigenvalue weighted by molar-refractivity contribution is 0.101. The number of carbonyl (C=O) groups is 1. The fourth-order valence-electron chi connectivity index (χ4n) is 3.83. The molecule has 5 rings (SSSR count). The second-order valence-corrected chi connectivity index (χ2v) is 7.39. The second kappa shape index (κ2) is 5.46. The maximum absolute atomic E-state index is 13.3. The molecule has 2 aliphatic rings. The summed E-state index contributed by atoms with van der Waals surface area (Å²) in [6.45, 7) is 1.97. The Labute approximate surface area is 164 Å². The van der Waals surface area contributed by atoms with Gasteiger partial charge in [0.2, 0.25) is 0 Å². The Bertz CT molecular complexity index is 1180. The number of hydrogen-bond acceptors (Lipinski definition) is 2. The molecule has 0 aromatic heterocycles. The van der Waals surface area contributed by atoms with Gasteiger partial charge in [0.15, 0.2) is 0 Å². The summed E-state index contributed by atoms with van der Waals surface area (Å²) in [5.74, 6) is 0.340. The van der Waals surface area contributed by atoms with Crippen molar-refractivity contribution in [3.8, 4) is 0 Å². The van der Waals surface area contributed by atoms with E-state index in [1.54, 1.807) is 4.90 Å². The first kappa shape index (κ1) is 16.1. The van der Waals surface area contributed by atoms with Crippen molar-refractivity contribution in [2.45, 2.75) is 13.3 Å². The molecule has 1 amide bonds. The van der Waals surface area contributed by atoms with Crippen molar-refractivity contribution in [2.24, 2.45) is 4.99 Å². The molecule has 0 aliphatic carbocycles. The average molecular weight is 402 g/mol. The lowest BCUT2D eigenvalue weighted by Crippen LogP contribution is -2.31. The molecule has 128 valence electrons. The summed E-state index contributed by atoms with van der Waals surface area (Å²) in [6, 6.07) is 11.8. The van der Waals surface area contributed by atoms with Gasteiger partial charge in [0, 0.05) is 10.9 Å². The van der Waals surface area contributed by atoms with E-state index in [0.29, 0.717) is 28.4 Å². The second-order valence-electron chi connectivity index (χ2n) is 6.25. The van der Waals surface area contributed by atoms with E-state index in [1.807, 2.05) is 43.3 Å². The number of aliphatic imine (C=N–C) groups is 1. The van der Waals surface area contributed by atoms with E-state index in [1.165, 1.54) is 0 Å². The zero-order valence-corrected chi connectivity index (χ0v) is 15.9. The molecular formula is C20H11Cl3N2O. The van der Waals surface area contributed by atoms with Crippen LogP contribution >= 0.6 is 34.8 Å². The first-order valence-electron chi connectivity index (χ1n) is 8.19. The van der Waals surface area contributed by atoms with Gasteiger partial charge in [0.1, 0.15) is 5.84 Å². The number of anilines is 1. The quantitative estimate of drug-likeness (QED) is 0.433. The van der Waals surface area contributed by atoms with E-state index in [0.717, 1.165) is 27.7 Å². The third kappa shape index (κ3) is 1.86. The molecule has 2 heterocycles. The largest absolute Gasteiger partial charge is 0.268 e. The Morgan fingerprint density at radius 2 is 1.69 bits per heavy atom. The molecule has 0 spiro atoms. The summed E-state index contributed by atoms with van der Waals surface area (Å²) in [7, 11) is 0. The number of benzene rings is 3. The van der Waals surface area contributed by atoms with Crippen LogP contribution in [0.1, 0.15) is 28.4 Å². The molecule has 0 unspecified atom stereocenters. The van der Waals surface area contributed by atoms with Crippen LogP contribution < -0.4 is 4.90 Å². The smallest absolute Gasteiger partial charge is 0.266 e. The SMILES string of the molecule is CCc1c(Cl)c(Cl)c(Cl)c2c1C1=Nc3cccc4cccc(c34)N1C2=O. The molecule has 0 bridgehead atoms. The minimum Gasteiger partial charge on any atom is -0.268 e. The average Bonchev–Trinajstić information content (AvgIpc) is 2.94. The first-order chi connectivity index (χ1) is 12.5. The van der Waals surface area contributed by atoms with Crippen molar-refractivity contribution in [1.82, 2.24) is 0 Å².